The van der Waals surface area contributed by atoms with Gasteiger partial charge < -0.3 is 10.2 Å². The van der Waals surface area contributed by atoms with Crippen molar-refractivity contribution in [3.63, 3.8) is 0 Å². The minimum atomic E-state index is -4.69. The average Bonchev–Trinajstić information content (AvgIpc) is 2.96. The zero-order valence-corrected chi connectivity index (χ0v) is 17.1. The smallest absolute Gasteiger partial charge is 0.370 e. The number of carbonyl (C=O) groups is 1. The highest BCUT2D eigenvalue weighted by molar-refractivity contribution is 7.90. The molecule has 1 aliphatic rings. The zero-order valence-electron chi connectivity index (χ0n) is 16.2. The number of aromatic nitrogens is 2. The van der Waals surface area contributed by atoms with E-state index < -0.39 is 27.6 Å². The van der Waals surface area contributed by atoms with Crippen LogP contribution >= 0.6 is 0 Å². The molecule has 1 amide bonds. The zero-order chi connectivity index (χ0) is 21.9. The lowest BCUT2D eigenvalue weighted by molar-refractivity contribution is -0.141. The molecule has 0 spiro atoms. The number of hydrogen-bond acceptors (Lipinski definition) is 6. The van der Waals surface area contributed by atoms with Gasteiger partial charge >= 0.3 is 6.18 Å². The lowest BCUT2D eigenvalue weighted by atomic mass is 10.2. The van der Waals surface area contributed by atoms with Crippen molar-refractivity contribution in [2.75, 3.05) is 29.6 Å². The van der Waals surface area contributed by atoms with E-state index in [0.717, 1.165) is 38.0 Å². The Labute approximate surface area is 172 Å². The fourth-order valence-electron chi connectivity index (χ4n) is 3.23. The van der Waals surface area contributed by atoms with E-state index in [9.17, 15) is 26.4 Å². The average molecular weight is 442 g/mol. The number of halogens is 3. The van der Waals surface area contributed by atoms with Crippen molar-refractivity contribution in [3.05, 3.63) is 41.7 Å². The number of hydrogen-bond donors (Lipinski definition) is 1. The number of alkyl halides is 3. The number of rotatable bonds is 4. The second-order valence-corrected chi connectivity index (χ2v) is 9.13. The maximum Gasteiger partial charge on any atom is 0.435 e. The van der Waals surface area contributed by atoms with E-state index in [2.05, 4.69) is 15.5 Å². The highest BCUT2D eigenvalue weighted by atomic mass is 32.2. The topological polar surface area (TPSA) is 92.3 Å². The summed E-state index contributed by atoms with van der Waals surface area (Å²) in [4.78, 5) is 14.5. The Morgan fingerprint density at radius 2 is 1.73 bits per heavy atom. The van der Waals surface area contributed by atoms with E-state index in [-0.39, 0.29) is 22.0 Å². The molecule has 1 aromatic carbocycles. The van der Waals surface area contributed by atoms with Gasteiger partial charge in [0.05, 0.1) is 10.6 Å². The van der Waals surface area contributed by atoms with Crippen LogP contribution < -0.4 is 10.2 Å². The van der Waals surface area contributed by atoms with Gasteiger partial charge in [0.25, 0.3) is 5.91 Å². The molecule has 30 heavy (non-hydrogen) atoms. The standard InChI is InChI=1S/C19H21F3N4O3S/c1-30(28,29)14-8-6-7-13(11-14)23-18(27)17-15(26-9-4-2-3-5-10-26)12-16(24-25-17)19(20,21)22/h6-8,11-12H,2-5,9-10H2,1H3,(H,23,27). The number of nitrogens with zero attached hydrogens (tertiary/aromatic N) is 3. The fraction of sp³-hybridized carbons (Fsp3) is 0.421. The van der Waals surface area contributed by atoms with Gasteiger partial charge in [-0.25, -0.2) is 8.42 Å². The summed E-state index contributed by atoms with van der Waals surface area (Å²) in [5.41, 5.74) is -1.16. The molecular formula is C19H21F3N4O3S. The normalized spacial score (nSPS) is 15.5. The fourth-order valence-corrected chi connectivity index (χ4v) is 3.90. The first-order chi connectivity index (χ1) is 14.1. The summed E-state index contributed by atoms with van der Waals surface area (Å²) < 4.78 is 63.0. The first-order valence-electron chi connectivity index (χ1n) is 9.37. The van der Waals surface area contributed by atoms with E-state index in [1.165, 1.54) is 24.3 Å². The predicted octanol–water partition coefficient (Wildman–Crippen LogP) is 3.53. The maximum absolute atomic E-state index is 13.2. The summed E-state index contributed by atoms with van der Waals surface area (Å²) in [6.07, 6.45) is -0.149. The van der Waals surface area contributed by atoms with Crippen molar-refractivity contribution in [3.8, 4) is 0 Å². The van der Waals surface area contributed by atoms with Crippen LogP contribution in [0.2, 0.25) is 0 Å². The van der Waals surface area contributed by atoms with Crippen LogP contribution in [0.15, 0.2) is 35.2 Å². The molecule has 162 valence electrons. The number of amides is 1. The summed E-state index contributed by atoms with van der Waals surface area (Å²) in [5, 5.41) is 9.28. The SMILES string of the molecule is CS(=O)(=O)c1cccc(NC(=O)c2nnc(C(F)(F)F)cc2N2CCCCCC2)c1. The van der Waals surface area contributed by atoms with Crippen molar-refractivity contribution >= 4 is 27.1 Å². The molecule has 0 atom stereocenters. The monoisotopic (exact) mass is 442 g/mol. The third kappa shape index (κ3) is 5.26. The van der Waals surface area contributed by atoms with Crippen molar-refractivity contribution in [1.29, 1.82) is 0 Å². The molecule has 2 aromatic rings. The molecule has 7 nitrogen and oxygen atoms in total. The van der Waals surface area contributed by atoms with Gasteiger partial charge in [-0.05, 0) is 37.1 Å². The van der Waals surface area contributed by atoms with Crippen molar-refractivity contribution in [2.24, 2.45) is 0 Å². The van der Waals surface area contributed by atoms with Gasteiger partial charge in [0, 0.05) is 25.0 Å². The van der Waals surface area contributed by atoms with Crippen LogP contribution in [0.5, 0.6) is 0 Å². The summed E-state index contributed by atoms with van der Waals surface area (Å²) in [6.45, 7) is 1.01. The molecule has 1 fully saturated rings. The van der Waals surface area contributed by atoms with Crippen molar-refractivity contribution < 1.29 is 26.4 Å². The molecule has 2 heterocycles. The van der Waals surface area contributed by atoms with E-state index in [1.807, 2.05) is 0 Å². The molecule has 1 aliphatic heterocycles. The van der Waals surface area contributed by atoms with Crippen molar-refractivity contribution in [2.45, 2.75) is 36.8 Å². The summed E-state index contributed by atoms with van der Waals surface area (Å²) in [5.74, 6) is -0.763. The van der Waals surface area contributed by atoms with Crippen LogP contribution in [0.3, 0.4) is 0 Å². The molecule has 1 aromatic heterocycles. The quantitative estimate of drug-likeness (QED) is 0.779. The molecular weight excluding hydrogens is 421 g/mol. The van der Waals surface area contributed by atoms with E-state index in [1.54, 1.807) is 4.90 Å². The molecule has 0 aliphatic carbocycles. The Hall–Kier alpha value is -2.69. The molecule has 0 bridgehead atoms. The Balaban J connectivity index is 1.96. The predicted molar refractivity (Wildman–Crippen MR) is 105 cm³/mol. The third-order valence-electron chi connectivity index (χ3n) is 4.75. The minimum absolute atomic E-state index is 0.00606. The summed E-state index contributed by atoms with van der Waals surface area (Å²) in [6, 6.07) is 6.44. The largest absolute Gasteiger partial charge is 0.435 e. The Kier molecular flexibility index (Phi) is 6.30. The van der Waals surface area contributed by atoms with Gasteiger partial charge in [-0.2, -0.15) is 13.2 Å². The van der Waals surface area contributed by atoms with Gasteiger partial charge in [-0.15, -0.1) is 10.2 Å². The highest BCUT2D eigenvalue weighted by Gasteiger charge is 2.35. The van der Waals surface area contributed by atoms with Gasteiger partial charge in [-0.1, -0.05) is 18.9 Å². The maximum atomic E-state index is 13.2. The van der Waals surface area contributed by atoms with E-state index >= 15 is 0 Å². The highest BCUT2D eigenvalue weighted by Crippen LogP contribution is 2.32. The number of carbonyl (C=O) groups excluding carboxylic acids is 1. The number of sulfone groups is 1. The number of benzene rings is 1. The van der Waals surface area contributed by atoms with Crippen LogP contribution in [0.25, 0.3) is 0 Å². The van der Waals surface area contributed by atoms with Gasteiger partial charge in [-0.3, -0.25) is 4.79 Å². The Morgan fingerprint density at radius 1 is 1.07 bits per heavy atom. The van der Waals surface area contributed by atoms with Gasteiger partial charge in [0.2, 0.25) is 0 Å². The van der Waals surface area contributed by atoms with E-state index in [4.69, 9.17) is 0 Å². The van der Waals surface area contributed by atoms with Gasteiger partial charge in [0.15, 0.2) is 21.2 Å². The van der Waals surface area contributed by atoms with Crippen LogP contribution in [0.1, 0.15) is 41.9 Å². The lowest BCUT2D eigenvalue weighted by Gasteiger charge is -2.25. The first-order valence-corrected chi connectivity index (χ1v) is 11.3. The molecule has 1 N–H and O–H groups in total. The molecule has 11 heteroatoms. The lowest BCUT2D eigenvalue weighted by Crippen LogP contribution is -2.29. The molecule has 3 rings (SSSR count). The third-order valence-corrected chi connectivity index (χ3v) is 5.86. The molecule has 0 radical (unpaired) electrons. The summed E-state index contributed by atoms with van der Waals surface area (Å²) >= 11 is 0. The van der Waals surface area contributed by atoms with Crippen molar-refractivity contribution in [1.82, 2.24) is 10.2 Å². The second kappa shape index (κ2) is 8.58. The Bertz CT molecular complexity index is 1030. The molecule has 0 unspecified atom stereocenters. The van der Waals surface area contributed by atoms with Crippen LogP contribution in [-0.2, 0) is 16.0 Å². The van der Waals surface area contributed by atoms with Crippen LogP contribution in [0.4, 0.5) is 24.5 Å². The minimum Gasteiger partial charge on any atom is -0.370 e. The van der Waals surface area contributed by atoms with Gasteiger partial charge in [0.1, 0.15) is 0 Å². The van der Waals surface area contributed by atoms with E-state index in [0.29, 0.717) is 13.1 Å². The first kappa shape index (κ1) is 22.0. The van der Waals surface area contributed by atoms with Crippen LogP contribution in [0, 0.1) is 0 Å². The summed E-state index contributed by atoms with van der Waals surface area (Å²) in [7, 11) is -3.49. The van der Waals surface area contributed by atoms with Crippen LogP contribution in [-0.4, -0.2) is 43.9 Å². The second-order valence-electron chi connectivity index (χ2n) is 7.12. The molecule has 1 saturated heterocycles. The number of nitrogens with one attached hydrogen (secondary N) is 1. The Morgan fingerprint density at radius 3 is 2.33 bits per heavy atom. The molecule has 0 saturated carbocycles. The number of anilines is 2.